The van der Waals surface area contributed by atoms with Crippen molar-refractivity contribution in [2.45, 2.75) is 65.3 Å². The lowest BCUT2D eigenvalue weighted by molar-refractivity contribution is -0.163. The highest BCUT2D eigenvalue weighted by molar-refractivity contribution is 6.81. The van der Waals surface area contributed by atoms with Crippen molar-refractivity contribution in [3.8, 4) is 0 Å². The van der Waals surface area contributed by atoms with E-state index >= 15 is 0 Å². The first-order chi connectivity index (χ1) is 9.03. The smallest absolute Gasteiger partial charge is 0.312 e. The van der Waals surface area contributed by atoms with Crippen LogP contribution in [0.25, 0.3) is 0 Å². The lowest BCUT2D eigenvalue weighted by atomic mass is 9.88. The fourth-order valence-electron chi connectivity index (χ4n) is 2.84. The molecular weight excluding hydrogens is 268 g/mol. The molecule has 0 aromatic carbocycles. The van der Waals surface area contributed by atoms with Gasteiger partial charge in [-0.05, 0) is 46.0 Å². The van der Waals surface area contributed by atoms with Crippen molar-refractivity contribution in [3.05, 3.63) is 11.3 Å². The second-order valence-corrected chi connectivity index (χ2v) is 12.9. The Labute approximate surface area is 124 Å². The van der Waals surface area contributed by atoms with E-state index in [4.69, 9.17) is 4.74 Å². The van der Waals surface area contributed by atoms with E-state index in [1.807, 2.05) is 20.8 Å². The van der Waals surface area contributed by atoms with Crippen molar-refractivity contribution in [1.29, 1.82) is 0 Å². The van der Waals surface area contributed by atoms with Gasteiger partial charge in [0.15, 0.2) is 0 Å². The predicted molar refractivity (Wildman–Crippen MR) is 85.2 cm³/mol. The van der Waals surface area contributed by atoms with E-state index in [2.05, 4.69) is 25.3 Å². The van der Waals surface area contributed by atoms with Crippen LogP contribution in [0.5, 0.6) is 0 Å². The molecule has 1 aliphatic carbocycles. The second-order valence-electron chi connectivity index (χ2n) is 7.91. The van der Waals surface area contributed by atoms with E-state index in [1.54, 1.807) is 0 Å². The summed E-state index contributed by atoms with van der Waals surface area (Å²) in [6.45, 7) is 12.4. The van der Waals surface area contributed by atoms with Crippen LogP contribution in [0.15, 0.2) is 11.3 Å². The van der Waals surface area contributed by atoms with Gasteiger partial charge >= 0.3 is 5.97 Å². The summed E-state index contributed by atoms with van der Waals surface area (Å²) < 4.78 is 5.47. The minimum absolute atomic E-state index is 0.122. The summed E-state index contributed by atoms with van der Waals surface area (Å²) in [6, 6.07) is 0. The molecule has 1 saturated carbocycles. The van der Waals surface area contributed by atoms with Crippen molar-refractivity contribution in [2.24, 2.45) is 11.8 Å². The molecule has 20 heavy (non-hydrogen) atoms. The number of aliphatic hydroxyl groups is 1. The molecule has 0 radical (unpaired) electrons. The molecule has 116 valence electrons. The molecule has 0 aromatic rings. The molecular formula is C16H30O3Si. The average Bonchev–Trinajstić information content (AvgIpc) is 2.62. The van der Waals surface area contributed by atoms with Crippen LogP contribution in [0.4, 0.5) is 0 Å². The number of allylic oxidation sites excluding steroid dienone is 1. The van der Waals surface area contributed by atoms with Crippen LogP contribution in [-0.4, -0.2) is 31.4 Å². The van der Waals surface area contributed by atoms with Crippen LogP contribution >= 0.6 is 0 Å². The Kier molecular flexibility index (Phi) is 5.61. The molecule has 0 bridgehead atoms. The van der Waals surface area contributed by atoms with E-state index in [1.165, 1.54) is 5.57 Å². The summed E-state index contributed by atoms with van der Waals surface area (Å²) in [5.41, 5.74) is 3.28. The number of rotatable bonds is 4. The fourth-order valence-corrected chi connectivity index (χ4v) is 4.31. The number of esters is 1. The predicted octanol–water partition coefficient (Wildman–Crippen LogP) is 3.54. The first-order valence-electron chi connectivity index (χ1n) is 7.59. The Hall–Kier alpha value is -0.613. The Morgan fingerprint density at radius 3 is 2.50 bits per heavy atom. The number of aliphatic hydroxyl groups excluding tert-OH is 1. The SMILES string of the molecule is CC(C)(C)OC(=O)[C@@H](CO)[C@@H]1CCC/C1=C\[Si](C)(C)C. The standard InChI is InChI=1S/C16H30O3Si/c1-16(2,3)19-15(18)14(10-17)13-9-7-8-12(13)11-20(4,5)6/h11,13-14,17H,7-10H2,1-6H3/b12-11+/t13-,14+/m1/s1. The number of hydrogen-bond donors (Lipinski definition) is 1. The molecule has 4 heteroatoms. The number of hydrogen-bond acceptors (Lipinski definition) is 3. The maximum atomic E-state index is 12.3. The summed E-state index contributed by atoms with van der Waals surface area (Å²) in [4.78, 5) is 12.3. The number of carbonyl (C=O) groups excluding carboxylic acids is 1. The highest BCUT2D eigenvalue weighted by Crippen LogP contribution is 2.38. The van der Waals surface area contributed by atoms with Gasteiger partial charge in [0, 0.05) is 0 Å². The van der Waals surface area contributed by atoms with Crippen LogP contribution in [0, 0.1) is 11.8 Å². The molecule has 0 amide bonds. The van der Waals surface area contributed by atoms with Crippen LogP contribution in [0.2, 0.25) is 19.6 Å². The van der Waals surface area contributed by atoms with Crippen LogP contribution in [0.1, 0.15) is 40.0 Å². The Bertz CT molecular complexity index is 374. The topological polar surface area (TPSA) is 46.5 Å². The molecule has 1 N–H and O–H groups in total. The first-order valence-corrected chi connectivity index (χ1v) is 11.2. The number of ether oxygens (including phenoxy) is 1. The fraction of sp³-hybridized carbons (Fsp3) is 0.812. The highest BCUT2D eigenvalue weighted by atomic mass is 28.3. The second kappa shape index (κ2) is 6.44. The maximum absolute atomic E-state index is 12.3. The molecule has 0 aromatic heterocycles. The molecule has 0 unspecified atom stereocenters. The van der Waals surface area contributed by atoms with Gasteiger partial charge in [-0.25, -0.2) is 0 Å². The Balaban J connectivity index is 2.89. The molecule has 0 aliphatic heterocycles. The van der Waals surface area contributed by atoms with Gasteiger partial charge in [-0.2, -0.15) is 0 Å². The number of carbonyl (C=O) groups is 1. The zero-order chi connectivity index (χ0) is 15.6. The van der Waals surface area contributed by atoms with Crippen molar-refractivity contribution in [3.63, 3.8) is 0 Å². The zero-order valence-corrected chi connectivity index (χ0v) is 14.8. The van der Waals surface area contributed by atoms with E-state index in [9.17, 15) is 9.90 Å². The summed E-state index contributed by atoms with van der Waals surface area (Å²) >= 11 is 0. The van der Waals surface area contributed by atoms with Crippen LogP contribution in [0.3, 0.4) is 0 Å². The third-order valence-corrected chi connectivity index (χ3v) is 4.70. The molecule has 2 atom stereocenters. The van der Waals surface area contributed by atoms with E-state index < -0.39 is 19.6 Å². The van der Waals surface area contributed by atoms with Crippen molar-refractivity contribution >= 4 is 14.0 Å². The highest BCUT2D eigenvalue weighted by Gasteiger charge is 2.36. The molecule has 1 rings (SSSR count). The molecule has 1 fully saturated rings. The van der Waals surface area contributed by atoms with E-state index in [-0.39, 0.29) is 18.5 Å². The Morgan fingerprint density at radius 2 is 2.05 bits per heavy atom. The van der Waals surface area contributed by atoms with Gasteiger partial charge in [0.05, 0.1) is 20.6 Å². The van der Waals surface area contributed by atoms with Gasteiger partial charge in [0.1, 0.15) is 5.60 Å². The van der Waals surface area contributed by atoms with Crippen LogP contribution in [-0.2, 0) is 9.53 Å². The Morgan fingerprint density at radius 1 is 1.45 bits per heavy atom. The van der Waals surface area contributed by atoms with Gasteiger partial charge in [-0.3, -0.25) is 4.79 Å². The van der Waals surface area contributed by atoms with Crippen molar-refractivity contribution in [2.75, 3.05) is 6.61 Å². The van der Waals surface area contributed by atoms with Gasteiger partial charge in [-0.1, -0.05) is 30.9 Å². The molecule has 0 spiro atoms. The largest absolute Gasteiger partial charge is 0.460 e. The van der Waals surface area contributed by atoms with Crippen molar-refractivity contribution in [1.82, 2.24) is 0 Å². The van der Waals surface area contributed by atoms with Gasteiger partial charge in [0.25, 0.3) is 0 Å². The first kappa shape index (κ1) is 17.4. The summed E-state index contributed by atoms with van der Waals surface area (Å²) in [7, 11) is -1.30. The van der Waals surface area contributed by atoms with Gasteiger partial charge in [-0.15, -0.1) is 0 Å². The monoisotopic (exact) mass is 298 g/mol. The summed E-state index contributed by atoms with van der Waals surface area (Å²) in [6.07, 6.45) is 3.16. The summed E-state index contributed by atoms with van der Waals surface area (Å²) in [5.74, 6) is -0.491. The third-order valence-electron chi connectivity index (χ3n) is 3.47. The normalized spacial score (nSPS) is 23.9. The van der Waals surface area contributed by atoms with Crippen molar-refractivity contribution < 1.29 is 14.6 Å². The molecule has 1 aliphatic rings. The lowest BCUT2D eigenvalue weighted by Crippen LogP contribution is -2.34. The van der Waals surface area contributed by atoms with E-state index in [0.29, 0.717) is 0 Å². The quantitative estimate of drug-likeness (QED) is 0.638. The lowest BCUT2D eigenvalue weighted by Gasteiger charge is -2.27. The van der Waals surface area contributed by atoms with Crippen LogP contribution < -0.4 is 0 Å². The maximum Gasteiger partial charge on any atom is 0.312 e. The molecule has 0 heterocycles. The summed E-state index contributed by atoms with van der Waals surface area (Å²) in [5, 5.41) is 9.65. The minimum atomic E-state index is -1.30. The average molecular weight is 298 g/mol. The minimum Gasteiger partial charge on any atom is -0.460 e. The van der Waals surface area contributed by atoms with E-state index in [0.717, 1.165) is 19.3 Å². The van der Waals surface area contributed by atoms with Gasteiger partial charge < -0.3 is 9.84 Å². The molecule has 3 nitrogen and oxygen atoms in total. The van der Waals surface area contributed by atoms with Gasteiger partial charge in [0.2, 0.25) is 0 Å². The molecule has 0 saturated heterocycles. The third kappa shape index (κ3) is 5.41. The zero-order valence-electron chi connectivity index (χ0n) is 13.8.